The van der Waals surface area contributed by atoms with Crippen LogP contribution in [-0.2, 0) is 7.05 Å². The minimum absolute atomic E-state index is 0.214. The van der Waals surface area contributed by atoms with Gasteiger partial charge in [0.2, 0.25) is 0 Å². The quantitative estimate of drug-likeness (QED) is 0.561. The molecule has 1 atom stereocenters. The lowest BCUT2D eigenvalue weighted by Gasteiger charge is -2.16. The Hall–Kier alpha value is -1.35. The van der Waals surface area contributed by atoms with Gasteiger partial charge >= 0.3 is 0 Å². The van der Waals surface area contributed by atoms with Crippen molar-refractivity contribution in [2.45, 2.75) is 6.04 Å². The zero-order valence-corrected chi connectivity index (χ0v) is 12.4. The van der Waals surface area contributed by atoms with E-state index in [1.807, 2.05) is 24.7 Å². The highest BCUT2D eigenvalue weighted by Crippen LogP contribution is 2.28. The monoisotopic (exact) mass is 338 g/mol. The molecule has 0 aliphatic rings. The maximum absolute atomic E-state index is 5.69. The van der Waals surface area contributed by atoms with Gasteiger partial charge in [0.1, 0.15) is 0 Å². The number of hydrazine groups is 1. The number of nitrogens with one attached hydrogen (secondary N) is 1. The van der Waals surface area contributed by atoms with Crippen LogP contribution in [0.15, 0.2) is 28.3 Å². The molecule has 3 rings (SSSR count). The standard InChI is InChI=1S/C11H11BrN6S/c1-18-10(11(12)16-17-18)9(15-13)6-4-8-7(14-5-6)2-3-19-8/h2-5,9,15H,13H2,1H3. The lowest BCUT2D eigenvalue weighted by Crippen LogP contribution is -2.30. The number of aromatic nitrogens is 4. The Morgan fingerprint density at radius 3 is 3.05 bits per heavy atom. The van der Waals surface area contributed by atoms with E-state index in [9.17, 15) is 0 Å². The Kier molecular flexibility index (Phi) is 3.31. The van der Waals surface area contributed by atoms with Crippen LogP contribution in [-0.4, -0.2) is 20.0 Å². The number of hydrogen-bond acceptors (Lipinski definition) is 6. The third-order valence-electron chi connectivity index (χ3n) is 2.92. The van der Waals surface area contributed by atoms with Gasteiger partial charge in [-0.2, -0.15) is 0 Å². The smallest absolute Gasteiger partial charge is 0.153 e. The van der Waals surface area contributed by atoms with Crippen molar-refractivity contribution in [3.05, 3.63) is 39.6 Å². The summed E-state index contributed by atoms with van der Waals surface area (Å²) in [7, 11) is 1.83. The summed E-state index contributed by atoms with van der Waals surface area (Å²) in [6.07, 6.45) is 1.82. The predicted octanol–water partition coefficient (Wildman–Crippen LogP) is 1.74. The number of fused-ring (bicyclic) bond motifs is 1. The number of pyridine rings is 1. The van der Waals surface area contributed by atoms with E-state index in [-0.39, 0.29) is 6.04 Å². The van der Waals surface area contributed by atoms with Crippen molar-refractivity contribution in [1.29, 1.82) is 0 Å². The average molecular weight is 339 g/mol. The van der Waals surface area contributed by atoms with Crippen molar-refractivity contribution in [3.63, 3.8) is 0 Å². The van der Waals surface area contributed by atoms with Crippen molar-refractivity contribution in [2.24, 2.45) is 12.9 Å². The highest BCUT2D eigenvalue weighted by atomic mass is 79.9. The topological polar surface area (TPSA) is 81.7 Å². The molecule has 3 heterocycles. The van der Waals surface area contributed by atoms with Gasteiger partial charge < -0.3 is 0 Å². The molecule has 98 valence electrons. The van der Waals surface area contributed by atoms with Crippen LogP contribution in [0.1, 0.15) is 17.3 Å². The number of halogens is 1. The number of nitrogens with zero attached hydrogens (tertiary/aromatic N) is 4. The van der Waals surface area contributed by atoms with Gasteiger partial charge in [-0.25, -0.2) is 10.1 Å². The maximum Gasteiger partial charge on any atom is 0.153 e. The predicted molar refractivity (Wildman–Crippen MR) is 77.5 cm³/mol. The molecule has 8 heteroatoms. The lowest BCUT2D eigenvalue weighted by molar-refractivity contribution is 0.568. The van der Waals surface area contributed by atoms with Gasteiger partial charge in [0.15, 0.2) is 4.60 Å². The molecule has 19 heavy (non-hydrogen) atoms. The summed E-state index contributed by atoms with van der Waals surface area (Å²) in [5.74, 6) is 5.69. The fraction of sp³-hybridized carbons (Fsp3) is 0.182. The zero-order chi connectivity index (χ0) is 13.4. The van der Waals surface area contributed by atoms with E-state index in [1.165, 1.54) is 0 Å². The average Bonchev–Trinajstić information content (AvgIpc) is 3.00. The van der Waals surface area contributed by atoms with Gasteiger partial charge in [0, 0.05) is 13.2 Å². The van der Waals surface area contributed by atoms with E-state index in [2.05, 4.69) is 42.7 Å². The third kappa shape index (κ3) is 2.16. The van der Waals surface area contributed by atoms with Crippen LogP contribution in [0.3, 0.4) is 0 Å². The van der Waals surface area contributed by atoms with Crippen LogP contribution in [0.25, 0.3) is 10.2 Å². The van der Waals surface area contributed by atoms with Crippen LogP contribution < -0.4 is 11.3 Å². The minimum Gasteiger partial charge on any atom is -0.271 e. The summed E-state index contributed by atoms with van der Waals surface area (Å²) in [6, 6.07) is 3.86. The number of rotatable bonds is 3. The van der Waals surface area contributed by atoms with E-state index in [0.717, 1.165) is 21.5 Å². The Morgan fingerprint density at radius 1 is 1.53 bits per heavy atom. The largest absolute Gasteiger partial charge is 0.271 e. The summed E-state index contributed by atoms with van der Waals surface area (Å²) >= 11 is 5.04. The van der Waals surface area contributed by atoms with Crippen LogP contribution in [0.2, 0.25) is 0 Å². The molecule has 0 aliphatic carbocycles. The van der Waals surface area contributed by atoms with Crippen LogP contribution in [0, 0.1) is 0 Å². The third-order valence-corrected chi connectivity index (χ3v) is 4.34. The molecule has 0 aliphatic heterocycles. The summed E-state index contributed by atoms with van der Waals surface area (Å²) in [5.41, 5.74) is 5.62. The fourth-order valence-corrected chi connectivity index (χ4v) is 3.34. The van der Waals surface area contributed by atoms with Gasteiger partial charge in [-0.05, 0) is 39.0 Å². The van der Waals surface area contributed by atoms with E-state index in [4.69, 9.17) is 5.84 Å². The lowest BCUT2D eigenvalue weighted by atomic mass is 10.1. The van der Waals surface area contributed by atoms with Crippen LogP contribution >= 0.6 is 27.3 Å². The molecule has 0 saturated heterocycles. The summed E-state index contributed by atoms with van der Waals surface area (Å²) in [6.45, 7) is 0. The summed E-state index contributed by atoms with van der Waals surface area (Å²) in [5, 5.41) is 9.97. The Balaban J connectivity index is 2.11. The van der Waals surface area contributed by atoms with Crippen molar-refractivity contribution in [3.8, 4) is 0 Å². The van der Waals surface area contributed by atoms with Gasteiger partial charge in [-0.1, -0.05) is 5.21 Å². The number of hydrogen-bond donors (Lipinski definition) is 2. The first kappa shape index (κ1) is 12.7. The molecule has 0 spiro atoms. The molecule has 0 fully saturated rings. The van der Waals surface area contributed by atoms with Gasteiger partial charge in [0.25, 0.3) is 0 Å². The first-order valence-electron chi connectivity index (χ1n) is 5.55. The number of thiophene rings is 1. The first-order valence-corrected chi connectivity index (χ1v) is 7.22. The highest BCUT2D eigenvalue weighted by Gasteiger charge is 2.21. The molecule has 0 aromatic carbocycles. The van der Waals surface area contributed by atoms with E-state index < -0.39 is 0 Å². The van der Waals surface area contributed by atoms with Crippen LogP contribution in [0.4, 0.5) is 0 Å². The van der Waals surface area contributed by atoms with E-state index in [0.29, 0.717) is 4.60 Å². The zero-order valence-electron chi connectivity index (χ0n) is 10.0. The second-order valence-electron chi connectivity index (χ2n) is 4.06. The Morgan fingerprint density at radius 2 is 2.37 bits per heavy atom. The summed E-state index contributed by atoms with van der Waals surface area (Å²) in [4.78, 5) is 4.43. The van der Waals surface area contributed by atoms with Crippen molar-refractivity contribution >= 4 is 37.5 Å². The fourth-order valence-electron chi connectivity index (χ4n) is 2.00. The van der Waals surface area contributed by atoms with E-state index in [1.54, 1.807) is 16.0 Å². The van der Waals surface area contributed by atoms with Crippen molar-refractivity contribution in [2.75, 3.05) is 0 Å². The Bertz CT molecular complexity index is 701. The molecule has 3 N–H and O–H groups in total. The molecule has 0 bridgehead atoms. The second-order valence-corrected chi connectivity index (χ2v) is 5.76. The van der Waals surface area contributed by atoms with E-state index >= 15 is 0 Å². The van der Waals surface area contributed by atoms with Crippen molar-refractivity contribution in [1.82, 2.24) is 25.4 Å². The molecule has 1 unspecified atom stereocenters. The normalized spacial score (nSPS) is 13.0. The molecule has 6 nitrogen and oxygen atoms in total. The number of aryl methyl sites for hydroxylation is 1. The molecule has 0 radical (unpaired) electrons. The first-order chi connectivity index (χ1) is 9.20. The minimum atomic E-state index is -0.214. The van der Waals surface area contributed by atoms with Gasteiger partial charge in [0.05, 0.1) is 22.0 Å². The second kappa shape index (κ2) is 4.97. The van der Waals surface area contributed by atoms with Crippen molar-refractivity contribution < 1.29 is 0 Å². The highest BCUT2D eigenvalue weighted by molar-refractivity contribution is 9.10. The van der Waals surface area contributed by atoms with Crippen LogP contribution in [0.5, 0.6) is 0 Å². The molecular weight excluding hydrogens is 328 g/mol. The Labute approximate surface area is 121 Å². The molecular formula is C11H11BrN6S. The van der Waals surface area contributed by atoms with Gasteiger partial charge in [-0.3, -0.25) is 10.8 Å². The summed E-state index contributed by atoms with van der Waals surface area (Å²) < 4.78 is 3.49. The van der Waals surface area contributed by atoms with Gasteiger partial charge in [-0.15, -0.1) is 16.4 Å². The maximum atomic E-state index is 5.69. The molecule has 0 saturated carbocycles. The molecule has 3 aromatic rings. The molecule has 3 aromatic heterocycles. The SMILES string of the molecule is Cn1nnc(Br)c1C(NN)c1cnc2ccsc2c1. The number of nitrogens with two attached hydrogens (primary N) is 1. The molecule has 0 amide bonds.